The Morgan fingerprint density at radius 2 is 1.84 bits per heavy atom. The summed E-state index contributed by atoms with van der Waals surface area (Å²) in [6, 6.07) is 13.3. The smallest absolute Gasteiger partial charge is 0.248 e. The number of aromatic nitrogens is 3. The highest BCUT2D eigenvalue weighted by molar-refractivity contribution is 7.98. The Morgan fingerprint density at radius 3 is 2.52 bits per heavy atom. The first-order valence-electron chi connectivity index (χ1n) is 7.48. The van der Waals surface area contributed by atoms with E-state index in [1.807, 2.05) is 18.2 Å². The molecule has 5 nitrogen and oxygen atoms in total. The van der Waals surface area contributed by atoms with Crippen molar-refractivity contribution in [1.29, 1.82) is 0 Å². The number of hydrogen-bond donors (Lipinski definition) is 2. The topological polar surface area (TPSA) is 84.7 Å². The number of aromatic amines is 1. The van der Waals surface area contributed by atoms with Crippen LogP contribution in [-0.2, 0) is 5.75 Å². The number of nitrogens with one attached hydrogen (secondary N) is 1. The van der Waals surface area contributed by atoms with Crippen LogP contribution in [0.3, 0.4) is 0 Å². The number of H-pyrrole nitrogens is 1. The second-order valence-electron chi connectivity index (χ2n) is 5.24. The number of rotatable bonds is 6. The SMILES string of the molecule is NC(=O)c1ccc(CSc2n[nH]c(/C=C/c3ccc(F)cc3)n2)cc1. The molecule has 0 fully saturated rings. The number of amides is 1. The molecule has 0 bridgehead atoms. The van der Waals surface area contributed by atoms with Crippen LogP contribution in [0.4, 0.5) is 4.39 Å². The summed E-state index contributed by atoms with van der Waals surface area (Å²) in [5.41, 5.74) is 7.62. The van der Waals surface area contributed by atoms with E-state index in [2.05, 4.69) is 15.2 Å². The van der Waals surface area contributed by atoms with Gasteiger partial charge in [0.2, 0.25) is 11.1 Å². The number of hydrogen-bond acceptors (Lipinski definition) is 4. The molecule has 0 aliphatic carbocycles. The fraction of sp³-hybridized carbons (Fsp3) is 0.0556. The molecule has 3 aromatic rings. The Balaban J connectivity index is 1.58. The van der Waals surface area contributed by atoms with Gasteiger partial charge in [0.25, 0.3) is 0 Å². The Bertz CT molecular complexity index is 888. The standard InChI is InChI=1S/C18H15FN4OS/c19-15-8-3-12(4-9-15)5-10-16-21-18(23-22-16)25-11-13-1-6-14(7-2-13)17(20)24/h1-10H,11H2,(H2,20,24)(H,21,22,23)/b10-5+. The fourth-order valence-electron chi connectivity index (χ4n) is 2.06. The van der Waals surface area contributed by atoms with Crippen LogP contribution in [0.5, 0.6) is 0 Å². The van der Waals surface area contributed by atoms with E-state index in [9.17, 15) is 9.18 Å². The summed E-state index contributed by atoms with van der Waals surface area (Å²) in [4.78, 5) is 15.4. The highest BCUT2D eigenvalue weighted by atomic mass is 32.2. The van der Waals surface area contributed by atoms with Crippen molar-refractivity contribution in [3.8, 4) is 0 Å². The van der Waals surface area contributed by atoms with Crippen LogP contribution in [0.15, 0.2) is 53.7 Å². The van der Waals surface area contributed by atoms with Crippen molar-refractivity contribution >= 4 is 29.8 Å². The van der Waals surface area contributed by atoms with E-state index in [4.69, 9.17) is 5.73 Å². The van der Waals surface area contributed by atoms with E-state index in [-0.39, 0.29) is 5.82 Å². The minimum atomic E-state index is -0.439. The molecule has 2 aromatic carbocycles. The molecule has 1 aromatic heterocycles. The van der Waals surface area contributed by atoms with Gasteiger partial charge in [-0.1, -0.05) is 42.1 Å². The molecule has 3 N–H and O–H groups in total. The molecular weight excluding hydrogens is 339 g/mol. The van der Waals surface area contributed by atoms with Crippen LogP contribution in [0.2, 0.25) is 0 Å². The lowest BCUT2D eigenvalue weighted by molar-refractivity contribution is 0.100. The number of primary amides is 1. The molecule has 126 valence electrons. The van der Waals surface area contributed by atoms with Crippen molar-refractivity contribution in [2.75, 3.05) is 0 Å². The first-order chi connectivity index (χ1) is 12.1. The number of carbonyl (C=O) groups is 1. The molecule has 0 atom stereocenters. The van der Waals surface area contributed by atoms with Gasteiger partial charge in [-0.25, -0.2) is 9.37 Å². The lowest BCUT2D eigenvalue weighted by Gasteiger charge is -2.00. The predicted molar refractivity (Wildman–Crippen MR) is 96.2 cm³/mol. The van der Waals surface area contributed by atoms with E-state index < -0.39 is 5.91 Å². The van der Waals surface area contributed by atoms with Crippen molar-refractivity contribution in [3.05, 3.63) is 76.9 Å². The van der Waals surface area contributed by atoms with E-state index in [1.165, 1.54) is 23.9 Å². The van der Waals surface area contributed by atoms with Crippen molar-refractivity contribution in [3.63, 3.8) is 0 Å². The van der Waals surface area contributed by atoms with Gasteiger partial charge in [0, 0.05) is 11.3 Å². The third-order valence-electron chi connectivity index (χ3n) is 3.39. The number of carbonyl (C=O) groups excluding carboxylic acids is 1. The second kappa shape index (κ2) is 7.76. The maximum atomic E-state index is 12.9. The van der Waals surface area contributed by atoms with Crippen LogP contribution in [-0.4, -0.2) is 21.1 Å². The summed E-state index contributed by atoms with van der Waals surface area (Å²) in [5.74, 6) is 0.596. The van der Waals surface area contributed by atoms with Gasteiger partial charge in [-0.3, -0.25) is 9.89 Å². The van der Waals surface area contributed by atoms with Gasteiger partial charge in [0.1, 0.15) is 11.6 Å². The van der Waals surface area contributed by atoms with E-state index in [0.717, 1.165) is 11.1 Å². The fourth-order valence-corrected chi connectivity index (χ4v) is 2.82. The number of nitrogens with zero attached hydrogens (tertiary/aromatic N) is 2. The Kier molecular flexibility index (Phi) is 5.25. The zero-order chi connectivity index (χ0) is 17.6. The molecule has 25 heavy (non-hydrogen) atoms. The van der Waals surface area contributed by atoms with Crippen molar-refractivity contribution in [2.24, 2.45) is 5.73 Å². The number of nitrogens with two attached hydrogens (primary N) is 1. The summed E-state index contributed by atoms with van der Waals surface area (Å²) < 4.78 is 12.9. The lowest BCUT2D eigenvalue weighted by Crippen LogP contribution is -2.10. The summed E-state index contributed by atoms with van der Waals surface area (Å²) in [6.45, 7) is 0. The number of halogens is 1. The highest BCUT2D eigenvalue weighted by Crippen LogP contribution is 2.19. The van der Waals surface area contributed by atoms with Crippen LogP contribution in [0, 0.1) is 5.82 Å². The monoisotopic (exact) mass is 354 g/mol. The van der Waals surface area contributed by atoms with Gasteiger partial charge in [-0.2, -0.15) is 0 Å². The molecule has 0 spiro atoms. The molecule has 0 saturated heterocycles. The third-order valence-corrected chi connectivity index (χ3v) is 4.31. The van der Waals surface area contributed by atoms with Gasteiger partial charge in [-0.05, 0) is 41.5 Å². The number of benzene rings is 2. The van der Waals surface area contributed by atoms with Crippen molar-refractivity contribution in [1.82, 2.24) is 15.2 Å². The second-order valence-corrected chi connectivity index (χ2v) is 6.18. The highest BCUT2D eigenvalue weighted by Gasteiger charge is 2.04. The van der Waals surface area contributed by atoms with Gasteiger partial charge in [0.15, 0.2) is 0 Å². The van der Waals surface area contributed by atoms with Crippen LogP contribution < -0.4 is 5.73 Å². The lowest BCUT2D eigenvalue weighted by atomic mass is 10.1. The molecule has 0 aliphatic rings. The molecule has 3 rings (SSSR count). The van der Waals surface area contributed by atoms with Gasteiger partial charge >= 0.3 is 0 Å². The number of thioether (sulfide) groups is 1. The molecule has 0 radical (unpaired) electrons. The van der Waals surface area contributed by atoms with Crippen molar-refractivity contribution < 1.29 is 9.18 Å². The summed E-state index contributed by atoms with van der Waals surface area (Å²) in [7, 11) is 0. The van der Waals surface area contributed by atoms with E-state index in [1.54, 1.807) is 30.3 Å². The quantitative estimate of drug-likeness (QED) is 0.664. The summed E-state index contributed by atoms with van der Waals surface area (Å²) >= 11 is 1.48. The maximum Gasteiger partial charge on any atom is 0.248 e. The Morgan fingerprint density at radius 1 is 1.12 bits per heavy atom. The van der Waals surface area contributed by atoms with Gasteiger partial charge in [-0.15, -0.1) is 5.10 Å². The van der Waals surface area contributed by atoms with Crippen LogP contribution in [0.1, 0.15) is 27.3 Å². The van der Waals surface area contributed by atoms with E-state index >= 15 is 0 Å². The average molecular weight is 354 g/mol. The molecule has 7 heteroatoms. The van der Waals surface area contributed by atoms with Crippen molar-refractivity contribution in [2.45, 2.75) is 10.9 Å². The summed E-state index contributed by atoms with van der Waals surface area (Å²) in [5, 5.41) is 7.61. The third kappa shape index (κ3) is 4.77. The zero-order valence-electron chi connectivity index (χ0n) is 13.1. The van der Waals surface area contributed by atoms with Gasteiger partial charge < -0.3 is 5.73 Å². The normalized spacial score (nSPS) is 11.1. The minimum absolute atomic E-state index is 0.264. The molecular formula is C18H15FN4OS. The molecule has 1 heterocycles. The first kappa shape index (κ1) is 16.9. The van der Waals surface area contributed by atoms with Crippen LogP contribution >= 0.6 is 11.8 Å². The average Bonchev–Trinajstić information content (AvgIpc) is 3.08. The Labute approximate surface area is 148 Å². The minimum Gasteiger partial charge on any atom is -0.366 e. The van der Waals surface area contributed by atoms with Gasteiger partial charge in [0.05, 0.1) is 0 Å². The molecule has 1 amide bonds. The predicted octanol–water partition coefficient (Wildman–Crippen LogP) is 3.51. The van der Waals surface area contributed by atoms with Crippen LogP contribution in [0.25, 0.3) is 12.2 Å². The molecule has 0 aliphatic heterocycles. The zero-order valence-corrected chi connectivity index (χ0v) is 14.0. The Hall–Kier alpha value is -2.93. The molecule has 0 saturated carbocycles. The first-order valence-corrected chi connectivity index (χ1v) is 8.46. The maximum absolute atomic E-state index is 12.9. The molecule has 0 unspecified atom stereocenters. The van der Waals surface area contributed by atoms with E-state index in [0.29, 0.717) is 22.3 Å². The largest absolute Gasteiger partial charge is 0.366 e. The summed E-state index contributed by atoms with van der Waals surface area (Å²) in [6.07, 6.45) is 3.61.